The molecular formula is C27H33N3O5S. The Kier molecular flexibility index (Phi) is 7.43. The fourth-order valence-electron chi connectivity index (χ4n) is 5.29. The van der Waals surface area contributed by atoms with Crippen molar-refractivity contribution in [1.82, 2.24) is 9.29 Å². The van der Waals surface area contributed by atoms with E-state index >= 15 is 0 Å². The van der Waals surface area contributed by atoms with Gasteiger partial charge in [0.15, 0.2) is 0 Å². The van der Waals surface area contributed by atoms with E-state index in [0.717, 1.165) is 40.6 Å². The molecule has 3 heterocycles. The molecule has 192 valence electrons. The van der Waals surface area contributed by atoms with Crippen molar-refractivity contribution in [2.45, 2.75) is 25.2 Å². The van der Waals surface area contributed by atoms with Gasteiger partial charge in [0.05, 0.1) is 36.7 Å². The topological polar surface area (TPSA) is 115 Å². The largest absolute Gasteiger partial charge is 0.381 e. The average Bonchev–Trinajstić information content (AvgIpc) is 3.57. The highest BCUT2D eigenvalue weighted by atomic mass is 32.2. The van der Waals surface area contributed by atoms with Gasteiger partial charge < -0.3 is 20.2 Å². The van der Waals surface area contributed by atoms with Crippen LogP contribution in [-0.2, 0) is 19.5 Å². The van der Waals surface area contributed by atoms with Gasteiger partial charge in [0.1, 0.15) is 0 Å². The van der Waals surface area contributed by atoms with Gasteiger partial charge in [-0.2, -0.15) is 0 Å². The summed E-state index contributed by atoms with van der Waals surface area (Å²) in [5, 5.41) is 0.968. The third kappa shape index (κ3) is 5.34. The van der Waals surface area contributed by atoms with Crippen molar-refractivity contribution in [2.24, 2.45) is 11.7 Å². The fourth-order valence-corrected chi connectivity index (χ4v) is 6.64. The number of piperidine rings is 1. The Morgan fingerprint density at radius 1 is 1.11 bits per heavy atom. The lowest BCUT2D eigenvalue weighted by Crippen LogP contribution is -2.40. The summed E-state index contributed by atoms with van der Waals surface area (Å²) in [7, 11) is -3.37. The standard InChI is InChI=1S/C27H33N3O5S/c28-27(31)24-15-22(20-4-2-1-3-5-20)14-23-25(16-29-26(23)24)21-6-9-30(10-7-21)36(32,33)13-12-35-18-19-8-11-34-17-19/h1-5,14-16,19,21,29H,6-13,17-18H2,(H2,28,31). The van der Waals surface area contributed by atoms with E-state index in [2.05, 4.69) is 11.1 Å². The average molecular weight is 512 g/mol. The number of hydrogen-bond donors (Lipinski definition) is 2. The second-order valence-electron chi connectivity index (χ2n) is 9.71. The van der Waals surface area contributed by atoms with Gasteiger partial charge in [-0.05, 0) is 54.0 Å². The van der Waals surface area contributed by atoms with E-state index in [1.807, 2.05) is 42.6 Å². The third-order valence-corrected chi connectivity index (χ3v) is 9.18. The van der Waals surface area contributed by atoms with Crippen LogP contribution in [0.15, 0.2) is 48.7 Å². The monoisotopic (exact) mass is 511 g/mol. The number of primary amides is 1. The maximum atomic E-state index is 12.9. The van der Waals surface area contributed by atoms with Gasteiger partial charge in [-0.3, -0.25) is 4.79 Å². The third-order valence-electron chi connectivity index (χ3n) is 7.34. The van der Waals surface area contributed by atoms with Crippen LogP contribution in [0.1, 0.15) is 41.1 Å². The van der Waals surface area contributed by atoms with Crippen LogP contribution in [0.25, 0.3) is 22.0 Å². The number of aromatic amines is 1. The molecule has 36 heavy (non-hydrogen) atoms. The zero-order valence-electron chi connectivity index (χ0n) is 20.3. The second-order valence-corrected chi connectivity index (χ2v) is 11.8. The Morgan fingerprint density at radius 3 is 2.58 bits per heavy atom. The molecule has 3 aromatic rings. The summed E-state index contributed by atoms with van der Waals surface area (Å²) in [4.78, 5) is 15.5. The Hall–Kier alpha value is -2.72. The van der Waals surface area contributed by atoms with Crippen LogP contribution < -0.4 is 5.73 Å². The van der Waals surface area contributed by atoms with E-state index in [0.29, 0.717) is 50.6 Å². The molecule has 2 fully saturated rings. The molecule has 0 aliphatic carbocycles. The molecule has 1 atom stereocenters. The first-order chi connectivity index (χ1) is 17.4. The number of H-pyrrole nitrogens is 1. The van der Waals surface area contributed by atoms with Gasteiger partial charge in [0.25, 0.3) is 5.91 Å². The van der Waals surface area contributed by atoms with E-state index in [4.69, 9.17) is 15.2 Å². The van der Waals surface area contributed by atoms with Gasteiger partial charge in [-0.1, -0.05) is 30.3 Å². The highest BCUT2D eigenvalue weighted by molar-refractivity contribution is 7.89. The maximum Gasteiger partial charge on any atom is 0.250 e. The van der Waals surface area contributed by atoms with E-state index < -0.39 is 15.9 Å². The zero-order valence-corrected chi connectivity index (χ0v) is 21.1. The van der Waals surface area contributed by atoms with Crippen LogP contribution in [0.4, 0.5) is 0 Å². The minimum absolute atomic E-state index is 0.000731. The Bertz CT molecular complexity index is 1310. The first-order valence-electron chi connectivity index (χ1n) is 12.6. The normalized spacial score (nSPS) is 19.7. The molecule has 1 amide bonds. The minimum Gasteiger partial charge on any atom is -0.381 e. The number of fused-ring (bicyclic) bond motifs is 1. The Morgan fingerprint density at radius 2 is 1.89 bits per heavy atom. The van der Waals surface area contributed by atoms with Gasteiger partial charge in [-0.25, -0.2) is 12.7 Å². The summed E-state index contributed by atoms with van der Waals surface area (Å²) in [6.45, 7) is 3.15. The van der Waals surface area contributed by atoms with Gasteiger partial charge in [0, 0.05) is 37.2 Å². The molecule has 5 rings (SSSR count). The number of nitrogens with two attached hydrogens (primary N) is 1. The van der Waals surface area contributed by atoms with E-state index in [-0.39, 0.29) is 18.3 Å². The summed E-state index contributed by atoms with van der Waals surface area (Å²) in [6, 6.07) is 13.8. The lowest BCUT2D eigenvalue weighted by molar-refractivity contribution is 0.0990. The predicted molar refractivity (Wildman–Crippen MR) is 139 cm³/mol. The molecule has 9 heteroatoms. The van der Waals surface area contributed by atoms with E-state index in [1.54, 1.807) is 4.31 Å². The first kappa shape index (κ1) is 25.0. The number of aromatic nitrogens is 1. The molecule has 2 aromatic carbocycles. The molecule has 0 radical (unpaired) electrons. The minimum atomic E-state index is -3.37. The van der Waals surface area contributed by atoms with Crippen molar-refractivity contribution in [3.63, 3.8) is 0 Å². The van der Waals surface area contributed by atoms with E-state index in [9.17, 15) is 13.2 Å². The smallest absolute Gasteiger partial charge is 0.250 e. The quantitative estimate of drug-likeness (QED) is 0.427. The van der Waals surface area contributed by atoms with Crippen LogP contribution >= 0.6 is 0 Å². The predicted octanol–water partition coefficient (Wildman–Crippen LogP) is 3.50. The van der Waals surface area contributed by atoms with Gasteiger partial charge >= 0.3 is 0 Å². The number of hydrogen-bond acceptors (Lipinski definition) is 5. The number of sulfonamides is 1. The van der Waals surface area contributed by atoms with Crippen molar-refractivity contribution in [3.05, 3.63) is 59.8 Å². The lowest BCUT2D eigenvalue weighted by atomic mass is 9.88. The van der Waals surface area contributed by atoms with Crippen LogP contribution in [0.5, 0.6) is 0 Å². The van der Waals surface area contributed by atoms with E-state index in [1.165, 1.54) is 0 Å². The molecule has 8 nitrogen and oxygen atoms in total. The molecule has 0 saturated carbocycles. The van der Waals surface area contributed by atoms with Crippen molar-refractivity contribution in [3.8, 4) is 11.1 Å². The van der Waals surface area contributed by atoms with Crippen molar-refractivity contribution >= 4 is 26.8 Å². The number of nitrogens with zero attached hydrogens (tertiary/aromatic N) is 1. The molecule has 0 spiro atoms. The molecule has 2 aliphatic rings. The van der Waals surface area contributed by atoms with Gasteiger partial charge in [-0.15, -0.1) is 0 Å². The molecule has 1 unspecified atom stereocenters. The Labute approximate surface area is 211 Å². The highest BCUT2D eigenvalue weighted by Gasteiger charge is 2.30. The fraction of sp³-hybridized carbons (Fsp3) is 0.444. The summed E-state index contributed by atoms with van der Waals surface area (Å²) in [5.41, 5.74) is 9.96. The number of amides is 1. The summed E-state index contributed by atoms with van der Waals surface area (Å²) in [5.74, 6) is 0.0863. The first-order valence-corrected chi connectivity index (χ1v) is 14.2. The lowest BCUT2D eigenvalue weighted by Gasteiger charge is -2.31. The van der Waals surface area contributed by atoms with Crippen molar-refractivity contribution in [1.29, 1.82) is 0 Å². The Balaban J connectivity index is 1.27. The van der Waals surface area contributed by atoms with Gasteiger partial charge in [0.2, 0.25) is 10.0 Å². The van der Waals surface area contributed by atoms with Crippen LogP contribution in [0, 0.1) is 5.92 Å². The molecule has 1 aromatic heterocycles. The molecule has 3 N–H and O–H groups in total. The summed E-state index contributed by atoms with van der Waals surface area (Å²) in [6.07, 6.45) is 4.35. The number of carbonyl (C=O) groups is 1. The SMILES string of the molecule is NC(=O)c1cc(-c2ccccc2)cc2c(C3CCN(S(=O)(=O)CCOCC4CCOC4)CC3)c[nH]c12. The van der Waals surface area contributed by atoms with Crippen molar-refractivity contribution in [2.75, 3.05) is 45.3 Å². The summed E-state index contributed by atoms with van der Waals surface area (Å²) < 4.78 is 38.3. The number of carbonyl (C=O) groups excluding carboxylic acids is 1. The maximum absolute atomic E-state index is 12.9. The highest BCUT2D eigenvalue weighted by Crippen LogP contribution is 2.37. The van der Waals surface area contributed by atoms with Crippen LogP contribution in [0.3, 0.4) is 0 Å². The number of nitrogens with one attached hydrogen (secondary N) is 1. The molecule has 2 saturated heterocycles. The van der Waals surface area contributed by atoms with Crippen LogP contribution in [-0.4, -0.2) is 68.9 Å². The molecule has 2 aliphatic heterocycles. The molecular weight excluding hydrogens is 478 g/mol. The number of rotatable bonds is 9. The van der Waals surface area contributed by atoms with Crippen molar-refractivity contribution < 1.29 is 22.7 Å². The number of benzene rings is 2. The molecule has 0 bridgehead atoms. The van der Waals surface area contributed by atoms with Crippen LogP contribution in [0.2, 0.25) is 0 Å². The zero-order chi connectivity index (χ0) is 25.1. The summed E-state index contributed by atoms with van der Waals surface area (Å²) >= 11 is 0. The number of ether oxygens (including phenoxy) is 2. The second kappa shape index (κ2) is 10.7.